The lowest BCUT2D eigenvalue weighted by atomic mass is 10.1. The molecule has 0 radical (unpaired) electrons. The van der Waals surface area contributed by atoms with E-state index in [9.17, 15) is 18.4 Å². The number of carbonyl (C=O) groups is 1. The van der Waals surface area contributed by atoms with Crippen LogP contribution in [0.25, 0.3) is 0 Å². The summed E-state index contributed by atoms with van der Waals surface area (Å²) in [5, 5.41) is 6.01. The molecule has 0 amide bonds. The van der Waals surface area contributed by atoms with E-state index in [1.54, 1.807) is 4.57 Å². The number of aromatic nitrogens is 4. The van der Waals surface area contributed by atoms with Crippen molar-refractivity contribution in [3.8, 4) is 0 Å². The molecular formula is C17H12ClF2N5O2. The van der Waals surface area contributed by atoms with Crippen LogP contribution in [0.15, 0.2) is 35.4 Å². The van der Waals surface area contributed by atoms with Crippen LogP contribution >= 0.6 is 11.6 Å². The smallest absolute Gasteiger partial charge is 0.285 e. The topological polar surface area (TPSA) is 83.9 Å². The van der Waals surface area contributed by atoms with E-state index in [1.807, 2.05) is 4.90 Å². The normalized spacial score (nSPS) is 13.5. The average Bonchev–Trinajstić information content (AvgIpc) is 3.08. The van der Waals surface area contributed by atoms with Gasteiger partial charge in [-0.15, -0.1) is 0 Å². The number of aromatic amines is 1. The summed E-state index contributed by atoms with van der Waals surface area (Å²) in [5.41, 5.74) is -0.217. The number of nitrogens with zero attached hydrogens (tertiary/aromatic N) is 4. The van der Waals surface area contributed by atoms with Crippen molar-refractivity contribution in [1.29, 1.82) is 0 Å². The van der Waals surface area contributed by atoms with Crippen molar-refractivity contribution >= 4 is 23.1 Å². The SMILES string of the molecule is O=C(c1cc(F)ccc1F)c1cnc2n1CCN(c1cn[nH]c(=O)c1Cl)C2. The van der Waals surface area contributed by atoms with Crippen LogP contribution in [-0.4, -0.2) is 32.1 Å². The number of halogens is 3. The van der Waals surface area contributed by atoms with Crippen molar-refractivity contribution in [2.75, 3.05) is 11.4 Å². The van der Waals surface area contributed by atoms with Gasteiger partial charge in [0.2, 0.25) is 5.78 Å². The van der Waals surface area contributed by atoms with Gasteiger partial charge in [0, 0.05) is 13.1 Å². The van der Waals surface area contributed by atoms with Gasteiger partial charge in [-0.3, -0.25) is 9.59 Å². The molecule has 3 aromatic rings. The first-order valence-corrected chi connectivity index (χ1v) is 8.36. The Morgan fingerprint density at radius 1 is 1.22 bits per heavy atom. The fourth-order valence-electron chi connectivity index (χ4n) is 3.05. The molecule has 1 aliphatic rings. The second-order valence-corrected chi connectivity index (χ2v) is 6.36. The highest BCUT2D eigenvalue weighted by atomic mass is 35.5. The second kappa shape index (κ2) is 6.58. The number of imidazole rings is 1. The number of carbonyl (C=O) groups excluding carboxylic acids is 1. The van der Waals surface area contributed by atoms with Crippen LogP contribution in [0.2, 0.25) is 5.02 Å². The van der Waals surface area contributed by atoms with Crippen LogP contribution in [0.3, 0.4) is 0 Å². The third-order valence-electron chi connectivity index (χ3n) is 4.39. The summed E-state index contributed by atoms with van der Waals surface area (Å²) in [7, 11) is 0. The van der Waals surface area contributed by atoms with Crippen molar-refractivity contribution in [2.45, 2.75) is 13.1 Å². The van der Waals surface area contributed by atoms with Gasteiger partial charge >= 0.3 is 0 Å². The quantitative estimate of drug-likeness (QED) is 0.692. The number of hydrogen-bond donors (Lipinski definition) is 1. The lowest BCUT2D eigenvalue weighted by Gasteiger charge is -2.30. The van der Waals surface area contributed by atoms with E-state index in [0.29, 0.717) is 24.6 Å². The zero-order chi connectivity index (χ0) is 19.1. The Morgan fingerprint density at radius 3 is 2.85 bits per heavy atom. The third kappa shape index (κ3) is 2.99. The largest absolute Gasteiger partial charge is 0.360 e. The summed E-state index contributed by atoms with van der Waals surface area (Å²) < 4.78 is 29.0. The van der Waals surface area contributed by atoms with Crippen molar-refractivity contribution in [2.24, 2.45) is 0 Å². The summed E-state index contributed by atoms with van der Waals surface area (Å²) in [6, 6.07) is 2.74. The van der Waals surface area contributed by atoms with Gasteiger partial charge in [0.25, 0.3) is 5.56 Å². The molecule has 1 N–H and O–H groups in total. The minimum atomic E-state index is -0.796. The number of H-pyrrole nitrogens is 1. The minimum absolute atomic E-state index is 0.0168. The Hall–Kier alpha value is -3.07. The van der Waals surface area contributed by atoms with Crippen LogP contribution in [0.1, 0.15) is 21.9 Å². The Morgan fingerprint density at radius 2 is 2.04 bits per heavy atom. The molecule has 1 aliphatic heterocycles. The number of rotatable bonds is 3. The van der Waals surface area contributed by atoms with E-state index in [4.69, 9.17) is 11.6 Å². The molecule has 0 saturated carbocycles. The number of benzene rings is 1. The molecule has 0 saturated heterocycles. The fraction of sp³-hybridized carbons (Fsp3) is 0.176. The van der Waals surface area contributed by atoms with Gasteiger partial charge in [0.05, 0.1) is 30.2 Å². The molecule has 138 valence electrons. The van der Waals surface area contributed by atoms with E-state index < -0.39 is 23.0 Å². The molecule has 1 aromatic carbocycles. The van der Waals surface area contributed by atoms with E-state index in [0.717, 1.165) is 18.2 Å². The summed E-state index contributed by atoms with van der Waals surface area (Å²) in [5.74, 6) is -1.59. The summed E-state index contributed by atoms with van der Waals surface area (Å²) in [4.78, 5) is 30.3. The highest BCUT2D eigenvalue weighted by Crippen LogP contribution is 2.26. The molecule has 0 unspecified atom stereocenters. The maximum absolute atomic E-state index is 13.9. The van der Waals surface area contributed by atoms with Gasteiger partial charge in [-0.1, -0.05) is 11.6 Å². The van der Waals surface area contributed by atoms with Crippen LogP contribution in [0.4, 0.5) is 14.5 Å². The monoisotopic (exact) mass is 391 g/mol. The molecule has 27 heavy (non-hydrogen) atoms. The zero-order valence-electron chi connectivity index (χ0n) is 13.7. The van der Waals surface area contributed by atoms with E-state index in [-0.39, 0.29) is 22.8 Å². The Labute approximate surface area is 156 Å². The Balaban J connectivity index is 1.66. The molecule has 3 heterocycles. The number of fused-ring (bicyclic) bond motifs is 1. The van der Waals surface area contributed by atoms with Crippen molar-refractivity contribution in [3.63, 3.8) is 0 Å². The summed E-state index contributed by atoms with van der Waals surface area (Å²) in [6.07, 6.45) is 2.78. The van der Waals surface area contributed by atoms with E-state index in [2.05, 4.69) is 15.2 Å². The van der Waals surface area contributed by atoms with Crippen molar-refractivity contribution in [3.05, 3.63) is 74.7 Å². The number of ketones is 1. The maximum atomic E-state index is 13.9. The van der Waals surface area contributed by atoms with Crippen LogP contribution in [0, 0.1) is 11.6 Å². The van der Waals surface area contributed by atoms with Crippen LogP contribution in [-0.2, 0) is 13.1 Å². The molecule has 7 nitrogen and oxygen atoms in total. The molecule has 0 fully saturated rings. The van der Waals surface area contributed by atoms with E-state index in [1.165, 1.54) is 12.4 Å². The highest BCUT2D eigenvalue weighted by molar-refractivity contribution is 6.33. The van der Waals surface area contributed by atoms with Gasteiger partial charge in [0.15, 0.2) is 0 Å². The molecule has 4 rings (SSSR count). The predicted molar refractivity (Wildman–Crippen MR) is 92.9 cm³/mol. The standard InChI is InChI=1S/C17H12ClF2N5O2/c18-15-12(7-22-23-17(15)27)24-3-4-25-13(6-21-14(25)8-24)16(26)10-5-9(19)1-2-11(10)20/h1-2,5-7H,3-4,8H2,(H,23,27). The molecule has 2 aromatic heterocycles. The third-order valence-corrected chi connectivity index (χ3v) is 4.75. The first kappa shape index (κ1) is 17.3. The molecule has 0 atom stereocenters. The number of nitrogens with one attached hydrogen (secondary N) is 1. The first-order valence-electron chi connectivity index (χ1n) is 7.98. The van der Waals surface area contributed by atoms with Gasteiger partial charge < -0.3 is 9.47 Å². The molecule has 0 bridgehead atoms. The lowest BCUT2D eigenvalue weighted by molar-refractivity contribution is 0.102. The first-order chi connectivity index (χ1) is 13.0. The predicted octanol–water partition coefficient (Wildman–Crippen LogP) is 2.15. The maximum Gasteiger partial charge on any atom is 0.285 e. The van der Waals surface area contributed by atoms with Gasteiger partial charge in [0.1, 0.15) is 28.2 Å². The number of hydrogen-bond acceptors (Lipinski definition) is 5. The Bertz CT molecular complexity index is 1110. The number of anilines is 1. The molecule has 0 aliphatic carbocycles. The average molecular weight is 392 g/mol. The molecule has 10 heteroatoms. The van der Waals surface area contributed by atoms with Gasteiger partial charge in [-0.2, -0.15) is 5.10 Å². The molecule has 0 spiro atoms. The van der Waals surface area contributed by atoms with Crippen molar-refractivity contribution < 1.29 is 13.6 Å². The minimum Gasteiger partial charge on any atom is -0.360 e. The van der Waals surface area contributed by atoms with E-state index >= 15 is 0 Å². The fourth-order valence-corrected chi connectivity index (χ4v) is 3.26. The van der Waals surface area contributed by atoms with Gasteiger partial charge in [-0.25, -0.2) is 18.9 Å². The Kier molecular flexibility index (Phi) is 4.23. The zero-order valence-corrected chi connectivity index (χ0v) is 14.5. The second-order valence-electron chi connectivity index (χ2n) is 5.98. The highest BCUT2D eigenvalue weighted by Gasteiger charge is 2.26. The van der Waals surface area contributed by atoms with Crippen LogP contribution in [0.5, 0.6) is 0 Å². The molecular weight excluding hydrogens is 380 g/mol. The van der Waals surface area contributed by atoms with Gasteiger partial charge in [-0.05, 0) is 18.2 Å². The summed E-state index contributed by atoms with van der Waals surface area (Å²) in [6.45, 7) is 1.07. The summed E-state index contributed by atoms with van der Waals surface area (Å²) >= 11 is 6.04. The lowest BCUT2D eigenvalue weighted by Crippen LogP contribution is -2.36. The van der Waals surface area contributed by atoms with Crippen LogP contribution < -0.4 is 10.5 Å². The van der Waals surface area contributed by atoms with Crippen molar-refractivity contribution in [1.82, 2.24) is 19.7 Å².